The molecule has 3 N–H and O–H groups in total. The van der Waals surface area contributed by atoms with Crippen LogP contribution in [0.4, 0.5) is 0 Å². The fourth-order valence-corrected chi connectivity index (χ4v) is 3.18. The molecule has 1 unspecified atom stereocenters. The number of hydrogen-bond donors (Lipinski definition) is 2. The van der Waals surface area contributed by atoms with Gasteiger partial charge >= 0.3 is 0 Å². The van der Waals surface area contributed by atoms with E-state index in [0.29, 0.717) is 6.04 Å². The standard InChI is InChI=1S/C15H21BrN2O2/c1-20-11-7-8-13(16)12(9-11)14(15(17)19)18-10-5-3-2-4-6-10/h7-10,14,18H,2-6H2,1H3,(H2,17,19). The Labute approximate surface area is 128 Å². The quantitative estimate of drug-likeness (QED) is 0.866. The largest absolute Gasteiger partial charge is 0.497 e. The molecule has 1 aliphatic rings. The summed E-state index contributed by atoms with van der Waals surface area (Å²) in [5.41, 5.74) is 6.42. The minimum absolute atomic E-state index is 0.357. The third-order valence-corrected chi connectivity index (χ3v) is 4.53. The van der Waals surface area contributed by atoms with Crippen molar-refractivity contribution in [1.82, 2.24) is 5.32 Å². The monoisotopic (exact) mass is 340 g/mol. The van der Waals surface area contributed by atoms with Gasteiger partial charge in [-0.3, -0.25) is 10.1 Å². The molecule has 1 fully saturated rings. The highest BCUT2D eigenvalue weighted by Crippen LogP contribution is 2.29. The molecule has 0 saturated heterocycles. The predicted molar refractivity (Wildman–Crippen MR) is 82.6 cm³/mol. The Morgan fingerprint density at radius 2 is 2.10 bits per heavy atom. The van der Waals surface area contributed by atoms with Gasteiger partial charge in [-0.1, -0.05) is 35.2 Å². The molecule has 1 aromatic carbocycles. The Hall–Kier alpha value is -1.07. The second-order valence-electron chi connectivity index (χ2n) is 5.22. The highest BCUT2D eigenvalue weighted by atomic mass is 79.9. The van der Waals surface area contributed by atoms with Crippen molar-refractivity contribution in [3.63, 3.8) is 0 Å². The van der Waals surface area contributed by atoms with Crippen molar-refractivity contribution in [2.75, 3.05) is 7.11 Å². The van der Waals surface area contributed by atoms with Crippen LogP contribution in [0.15, 0.2) is 22.7 Å². The average Bonchev–Trinajstić information content (AvgIpc) is 2.46. The lowest BCUT2D eigenvalue weighted by molar-refractivity contribution is -0.120. The molecule has 1 amide bonds. The SMILES string of the molecule is COc1ccc(Br)c(C(NC2CCCCC2)C(N)=O)c1. The van der Waals surface area contributed by atoms with Gasteiger partial charge in [0, 0.05) is 10.5 Å². The van der Waals surface area contributed by atoms with Gasteiger partial charge in [-0.05, 0) is 36.6 Å². The van der Waals surface area contributed by atoms with Crippen molar-refractivity contribution >= 4 is 21.8 Å². The number of nitrogens with one attached hydrogen (secondary N) is 1. The highest BCUT2D eigenvalue weighted by Gasteiger charge is 2.25. The van der Waals surface area contributed by atoms with Crippen LogP contribution in [0.2, 0.25) is 0 Å². The summed E-state index contributed by atoms with van der Waals surface area (Å²) in [6, 6.07) is 5.47. The van der Waals surface area contributed by atoms with Crippen molar-refractivity contribution in [2.24, 2.45) is 5.73 Å². The van der Waals surface area contributed by atoms with Gasteiger partial charge in [0.05, 0.1) is 7.11 Å². The number of hydrogen-bond acceptors (Lipinski definition) is 3. The van der Waals surface area contributed by atoms with Gasteiger partial charge < -0.3 is 10.5 Å². The van der Waals surface area contributed by atoms with Crippen LogP contribution in [0.5, 0.6) is 5.75 Å². The number of carbonyl (C=O) groups is 1. The summed E-state index contributed by atoms with van der Waals surface area (Å²) in [4.78, 5) is 11.8. The molecule has 0 spiro atoms. The minimum atomic E-state index is -0.484. The summed E-state index contributed by atoms with van der Waals surface area (Å²) < 4.78 is 6.10. The van der Waals surface area contributed by atoms with E-state index in [1.54, 1.807) is 7.11 Å². The van der Waals surface area contributed by atoms with Gasteiger partial charge in [-0.25, -0.2) is 0 Å². The summed E-state index contributed by atoms with van der Waals surface area (Å²) in [7, 11) is 1.61. The Morgan fingerprint density at radius 3 is 2.70 bits per heavy atom. The maximum atomic E-state index is 11.8. The number of benzene rings is 1. The zero-order chi connectivity index (χ0) is 14.5. The maximum Gasteiger partial charge on any atom is 0.239 e. The molecule has 0 heterocycles. The Balaban J connectivity index is 2.21. The number of methoxy groups -OCH3 is 1. The minimum Gasteiger partial charge on any atom is -0.497 e. The first-order valence-corrected chi connectivity index (χ1v) is 7.80. The first-order chi connectivity index (χ1) is 9.61. The number of amides is 1. The van der Waals surface area contributed by atoms with E-state index in [2.05, 4.69) is 21.2 Å². The Kier molecular flexibility index (Phi) is 5.43. The smallest absolute Gasteiger partial charge is 0.239 e. The van der Waals surface area contributed by atoms with E-state index < -0.39 is 6.04 Å². The lowest BCUT2D eigenvalue weighted by Crippen LogP contribution is -2.41. The van der Waals surface area contributed by atoms with Crippen LogP contribution < -0.4 is 15.8 Å². The lowest BCUT2D eigenvalue weighted by Gasteiger charge is -2.27. The summed E-state index contributed by atoms with van der Waals surface area (Å²) in [6.07, 6.45) is 5.91. The van der Waals surface area contributed by atoms with Crippen molar-refractivity contribution in [3.05, 3.63) is 28.2 Å². The van der Waals surface area contributed by atoms with Crippen LogP contribution >= 0.6 is 15.9 Å². The van der Waals surface area contributed by atoms with E-state index in [1.807, 2.05) is 18.2 Å². The van der Waals surface area contributed by atoms with E-state index in [4.69, 9.17) is 10.5 Å². The molecule has 1 atom stereocenters. The van der Waals surface area contributed by atoms with Gasteiger partial charge in [0.1, 0.15) is 11.8 Å². The van der Waals surface area contributed by atoms with Gasteiger partial charge in [0.15, 0.2) is 0 Å². The number of rotatable bonds is 5. The third-order valence-electron chi connectivity index (χ3n) is 3.81. The normalized spacial score (nSPS) is 17.7. The molecule has 5 heteroatoms. The van der Waals surface area contributed by atoms with Crippen LogP contribution in [-0.2, 0) is 4.79 Å². The molecule has 20 heavy (non-hydrogen) atoms. The second-order valence-corrected chi connectivity index (χ2v) is 6.08. The molecular weight excluding hydrogens is 320 g/mol. The van der Waals surface area contributed by atoms with E-state index in [1.165, 1.54) is 19.3 Å². The number of primary amides is 1. The number of halogens is 1. The maximum absolute atomic E-state index is 11.8. The molecule has 0 aromatic heterocycles. The van der Waals surface area contributed by atoms with E-state index in [-0.39, 0.29) is 5.91 Å². The van der Waals surface area contributed by atoms with Crippen LogP contribution in [0.25, 0.3) is 0 Å². The summed E-state index contributed by atoms with van der Waals surface area (Å²) in [5, 5.41) is 3.40. The fourth-order valence-electron chi connectivity index (χ4n) is 2.70. The topological polar surface area (TPSA) is 64.3 Å². The molecule has 0 radical (unpaired) electrons. The van der Waals surface area contributed by atoms with Crippen LogP contribution in [0.1, 0.15) is 43.7 Å². The molecule has 4 nitrogen and oxygen atoms in total. The molecule has 0 bridgehead atoms. The van der Waals surface area contributed by atoms with E-state index in [0.717, 1.165) is 28.6 Å². The molecule has 1 saturated carbocycles. The zero-order valence-corrected chi connectivity index (χ0v) is 13.3. The third kappa shape index (κ3) is 3.73. The number of ether oxygens (including phenoxy) is 1. The molecule has 2 rings (SSSR count). The predicted octanol–water partition coefficient (Wildman–Crippen LogP) is 2.91. The van der Waals surface area contributed by atoms with E-state index in [9.17, 15) is 4.79 Å². The van der Waals surface area contributed by atoms with Crippen molar-refractivity contribution in [3.8, 4) is 5.75 Å². The Bertz CT molecular complexity index is 473. The summed E-state index contributed by atoms with van der Waals surface area (Å²) in [5.74, 6) is 0.365. The van der Waals surface area contributed by atoms with Gasteiger partial charge in [-0.15, -0.1) is 0 Å². The molecule has 1 aromatic rings. The number of carbonyl (C=O) groups excluding carboxylic acids is 1. The molecule has 1 aliphatic carbocycles. The van der Waals surface area contributed by atoms with Crippen molar-refractivity contribution < 1.29 is 9.53 Å². The average molecular weight is 341 g/mol. The van der Waals surface area contributed by atoms with Gasteiger partial charge in [0.2, 0.25) is 5.91 Å². The summed E-state index contributed by atoms with van der Waals surface area (Å²) >= 11 is 3.49. The molecule has 110 valence electrons. The van der Waals surface area contributed by atoms with Crippen molar-refractivity contribution in [2.45, 2.75) is 44.2 Å². The zero-order valence-electron chi connectivity index (χ0n) is 11.7. The van der Waals surface area contributed by atoms with E-state index >= 15 is 0 Å². The first-order valence-electron chi connectivity index (χ1n) is 7.00. The van der Waals surface area contributed by atoms with Crippen LogP contribution in [0.3, 0.4) is 0 Å². The van der Waals surface area contributed by atoms with Gasteiger partial charge in [-0.2, -0.15) is 0 Å². The highest BCUT2D eigenvalue weighted by molar-refractivity contribution is 9.10. The fraction of sp³-hybridized carbons (Fsp3) is 0.533. The number of nitrogens with two attached hydrogens (primary N) is 1. The first kappa shape index (κ1) is 15.3. The van der Waals surface area contributed by atoms with Crippen molar-refractivity contribution in [1.29, 1.82) is 0 Å². The van der Waals surface area contributed by atoms with Crippen LogP contribution in [-0.4, -0.2) is 19.1 Å². The Morgan fingerprint density at radius 1 is 1.40 bits per heavy atom. The molecule has 0 aliphatic heterocycles. The van der Waals surface area contributed by atoms with Crippen LogP contribution in [0, 0.1) is 0 Å². The summed E-state index contributed by atoms with van der Waals surface area (Å²) in [6.45, 7) is 0. The lowest BCUT2D eigenvalue weighted by atomic mass is 9.94. The second kappa shape index (κ2) is 7.09. The molecular formula is C15H21BrN2O2. The van der Waals surface area contributed by atoms with Gasteiger partial charge in [0.25, 0.3) is 0 Å².